The summed E-state index contributed by atoms with van der Waals surface area (Å²) in [6, 6.07) is 6.39. The number of methoxy groups -OCH3 is 2. The smallest absolute Gasteiger partial charge is 0.287 e. The summed E-state index contributed by atoms with van der Waals surface area (Å²) in [6.45, 7) is 0.544. The molecule has 0 fully saturated rings. The van der Waals surface area contributed by atoms with Crippen molar-refractivity contribution in [1.29, 1.82) is 0 Å². The van der Waals surface area contributed by atoms with Gasteiger partial charge in [-0.05, 0) is 40.2 Å². The van der Waals surface area contributed by atoms with Gasteiger partial charge in [0.15, 0.2) is 5.76 Å². The fourth-order valence-electron chi connectivity index (χ4n) is 1.95. The van der Waals surface area contributed by atoms with Crippen LogP contribution in [0.15, 0.2) is 39.4 Å². The standard InChI is InChI=1S/C16H17BrN2O5/c1-22-12-8-10(9-13(23-2)14(12)17)15(20)18-5-6-19-16(21)11-4-3-7-24-11/h3-4,7-9H,5-6H2,1-2H3,(H,18,20)(H,19,21). The van der Waals surface area contributed by atoms with E-state index in [-0.39, 0.29) is 30.7 Å². The van der Waals surface area contributed by atoms with Gasteiger partial charge in [-0.1, -0.05) is 0 Å². The van der Waals surface area contributed by atoms with Crippen LogP contribution >= 0.6 is 15.9 Å². The molecule has 0 bridgehead atoms. The van der Waals surface area contributed by atoms with E-state index in [1.807, 2.05) is 0 Å². The first-order valence-electron chi connectivity index (χ1n) is 7.08. The largest absolute Gasteiger partial charge is 0.495 e. The molecule has 0 aliphatic heterocycles. The molecule has 0 unspecified atom stereocenters. The molecule has 0 aliphatic carbocycles. The van der Waals surface area contributed by atoms with E-state index in [9.17, 15) is 9.59 Å². The van der Waals surface area contributed by atoms with Crippen LogP contribution in [-0.4, -0.2) is 39.1 Å². The van der Waals surface area contributed by atoms with Gasteiger partial charge in [0.1, 0.15) is 16.0 Å². The molecule has 7 nitrogen and oxygen atoms in total. The molecule has 2 rings (SSSR count). The maximum Gasteiger partial charge on any atom is 0.287 e. The molecular formula is C16H17BrN2O5. The molecule has 1 aromatic carbocycles. The Morgan fingerprint density at radius 1 is 1.08 bits per heavy atom. The quantitative estimate of drug-likeness (QED) is 0.700. The summed E-state index contributed by atoms with van der Waals surface area (Å²) in [5.41, 5.74) is 0.393. The minimum absolute atomic E-state index is 0.226. The van der Waals surface area contributed by atoms with Crippen molar-refractivity contribution < 1.29 is 23.5 Å². The second-order valence-corrected chi connectivity index (χ2v) is 5.48. The maximum absolute atomic E-state index is 12.2. The second kappa shape index (κ2) is 8.39. The maximum atomic E-state index is 12.2. The van der Waals surface area contributed by atoms with E-state index < -0.39 is 0 Å². The number of furan rings is 1. The highest BCUT2D eigenvalue weighted by Gasteiger charge is 2.14. The lowest BCUT2D eigenvalue weighted by molar-refractivity contribution is 0.0910. The molecule has 0 radical (unpaired) electrons. The number of hydrogen-bond donors (Lipinski definition) is 2. The summed E-state index contributed by atoms with van der Waals surface area (Å²) in [4.78, 5) is 23.9. The number of benzene rings is 1. The van der Waals surface area contributed by atoms with E-state index in [0.29, 0.717) is 21.5 Å². The van der Waals surface area contributed by atoms with Crippen LogP contribution in [0.5, 0.6) is 11.5 Å². The number of nitrogens with one attached hydrogen (secondary N) is 2. The molecule has 1 aromatic heterocycles. The minimum atomic E-state index is -0.332. The summed E-state index contributed by atoms with van der Waals surface area (Å²) in [7, 11) is 3.01. The van der Waals surface area contributed by atoms with Gasteiger partial charge >= 0.3 is 0 Å². The van der Waals surface area contributed by atoms with Crippen molar-refractivity contribution in [2.24, 2.45) is 0 Å². The van der Waals surface area contributed by atoms with E-state index in [4.69, 9.17) is 13.9 Å². The van der Waals surface area contributed by atoms with Gasteiger partial charge in [-0.3, -0.25) is 9.59 Å². The molecule has 0 spiro atoms. The molecule has 128 valence electrons. The first-order chi connectivity index (χ1) is 11.6. The summed E-state index contributed by atoms with van der Waals surface area (Å²) >= 11 is 3.35. The van der Waals surface area contributed by atoms with Crippen LogP contribution in [0.2, 0.25) is 0 Å². The van der Waals surface area contributed by atoms with Crippen LogP contribution in [-0.2, 0) is 0 Å². The second-order valence-electron chi connectivity index (χ2n) is 4.68. The van der Waals surface area contributed by atoms with Crippen molar-refractivity contribution in [2.75, 3.05) is 27.3 Å². The van der Waals surface area contributed by atoms with Gasteiger partial charge in [0, 0.05) is 18.7 Å². The number of carbonyl (C=O) groups is 2. The van der Waals surface area contributed by atoms with Crippen molar-refractivity contribution in [3.05, 3.63) is 46.3 Å². The minimum Gasteiger partial charge on any atom is -0.495 e. The third kappa shape index (κ3) is 4.29. The van der Waals surface area contributed by atoms with E-state index in [1.54, 1.807) is 24.3 Å². The Morgan fingerprint density at radius 3 is 2.17 bits per heavy atom. The van der Waals surface area contributed by atoms with Gasteiger partial charge < -0.3 is 24.5 Å². The third-order valence-electron chi connectivity index (χ3n) is 3.15. The number of halogens is 1. The summed E-state index contributed by atoms with van der Waals surface area (Å²) in [6.07, 6.45) is 1.42. The van der Waals surface area contributed by atoms with Crippen molar-refractivity contribution >= 4 is 27.7 Å². The zero-order valence-corrected chi connectivity index (χ0v) is 14.8. The van der Waals surface area contributed by atoms with Gasteiger partial charge in [-0.25, -0.2) is 0 Å². The molecule has 2 amide bonds. The topological polar surface area (TPSA) is 89.8 Å². The molecule has 0 saturated heterocycles. The summed E-state index contributed by atoms with van der Waals surface area (Å²) < 4.78 is 16.0. The normalized spacial score (nSPS) is 10.1. The van der Waals surface area contributed by atoms with Gasteiger partial charge in [-0.15, -0.1) is 0 Å². The predicted octanol–water partition coefficient (Wildman–Crippen LogP) is 2.22. The number of hydrogen-bond acceptors (Lipinski definition) is 5. The van der Waals surface area contributed by atoms with Crippen LogP contribution in [0.25, 0.3) is 0 Å². The molecule has 0 saturated carbocycles. The number of ether oxygens (including phenoxy) is 2. The fourth-order valence-corrected chi connectivity index (χ4v) is 2.50. The number of rotatable bonds is 7. The first kappa shape index (κ1) is 17.9. The van der Waals surface area contributed by atoms with Crippen LogP contribution < -0.4 is 20.1 Å². The number of carbonyl (C=O) groups excluding carboxylic acids is 2. The molecule has 2 N–H and O–H groups in total. The number of amides is 2. The Hall–Kier alpha value is -2.48. The molecule has 2 aromatic rings. The Balaban J connectivity index is 1.89. The lowest BCUT2D eigenvalue weighted by Gasteiger charge is -2.12. The van der Waals surface area contributed by atoms with E-state index in [0.717, 1.165) is 0 Å². The Labute approximate surface area is 147 Å². The summed E-state index contributed by atoms with van der Waals surface area (Å²) in [5, 5.41) is 5.35. The molecular weight excluding hydrogens is 380 g/mol. The molecule has 24 heavy (non-hydrogen) atoms. The van der Waals surface area contributed by atoms with Crippen molar-refractivity contribution in [3.63, 3.8) is 0 Å². The van der Waals surface area contributed by atoms with Crippen molar-refractivity contribution in [2.45, 2.75) is 0 Å². The Kier molecular flexibility index (Phi) is 6.25. The summed E-state index contributed by atoms with van der Waals surface area (Å²) in [5.74, 6) is 0.576. The van der Waals surface area contributed by atoms with Gasteiger partial charge in [0.2, 0.25) is 0 Å². The first-order valence-corrected chi connectivity index (χ1v) is 7.87. The molecule has 0 aliphatic rings. The molecule has 1 heterocycles. The lowest BCUT2D eigenvalue weighted by Crippen LogP contribution is -2.34. The average molecular weight is 397 g/mol. The lowest BCUT2D eigenvalue weighted by atomic mass is 10.2. The van der Waals surface area contributed by atoms with Crippen molar-refractivity contribution in [1.82, 2.24) is 10.6 Å². The molecule has 0 atom stereocenters. The predicted molar refractivity (Wildman–Crippen MR) is 90.6 cm³/mol. The van der Waals surface area contributed by atoms with Crippen LogP contribution in [0.4, 0.5) is 0 Å². The van der Waals surface area contributed by atoms with Gasteiger partial charge in [-0.2, -0.15) is 0 Å². The van der Waals surface area contributed by atoms with Gasteiger partial charge in [0.05, 0.1) is 20.5 Å². The van der Waals surface area contributed by atoms with E-state index >= 15 is 0 Å². The van der Waals surface area contributed by atoms with Crippen LogP contribution in [0.1, 0.15) is 20.9 Å². The zero-order valence-electron chi connectivity index (χ0n) is 13.2. The van der Waals surface area contributed by atoms with E-state index in [2.05, 4.69) is 26.6 Å². The van der Waals surface area contributed by atoms with Crippen LogP contribution in [0.3, 0.4) is 0 Å². The zero-order chi connectivity index (χ0) is 17.5. The monoisotopic (exact) mass is 396 g/mol. The van der Waals surface area contributed by atoms with Crippen molar-refractivity contribution in [3.8, 4) is 11.5 Å². The van der Waals surface area contributed by atoms with Crippen LogP contribution in [0, 0.1) is 0 Å². The van der Waals surface area contributed by atoms with E-state index in [1.165, 1.54) is 20.5 Å². The third-order valence-corrected chi connectivity index (χ3v) is 3.93. The highest BCUT2D eigenvalue weighted by molar-refractivity contribution is 9.10. The highest BCUT2D eigenvalue weighted by Crippen LogP contribution is 2.35. The van der Waals surface area contributed by atoms with Gasteiger partial charge in [0.25, 0.3) is 11.8 Å². The Morgan fingerprint density at radius 2 is 1.67 bits per heavy atom. The average Bonchev–Trinajstić information content (AvgIpc) is 3.13. The molecule has 8 heteroatoms. The SMILES string of the molecule is COc1cc(C(=O)NCCNC(=O)c2ccco2)cc(OC)c1Br. The highest BCUT2D eigenvalue weighted by atomic mass is 79.9. The Bertz CT molecular complexity index is 690. The fraction of sp³-hybridized carbons (Fsp3) is 0.250.